The number of nitrogens with two attached hydrogens (primary N) is 1. The highest BCUT2D eigenvalue weighted by atomic mass is 35.5. The van der Waals surface area contributed by atoms with E-state index in [0.29, 0.717) is 0 Å². The molecule has 3 N–H and O–H groups in total. The van der Waals surface area contributed by atoms with Crippen molar-refractivity contribution in [2.45, 2.75) is 13.5 Å². The van der Waals surface area contributed by atoms with Gasteiger partial charge in [0.25, 0.3) is 0 Å². The second-order valence-electron chi connectivity index (χ2n) is 4.06. The number of hydrogen-bond donors (Lipinski definition) is 2. The lowest BCUT2D eigenvalue weighted by atomic mass is 10.1. The van der Waals surface area contributed by atoms with Gasteiger partial charge in [0.05, 0.1) is 0 Å². The molecule has 0 amide bonds. The lowest BCUT2D eigenvalue weighted by Crippen LogP contribution is -2.01. The maximum Gasteiger partial charge on any atom is 0.0410 e. The molecule has 0 radical (unpaired) electrons. The first-order chi connectivity index (χ1) is 8.15. The first kappa shape index (κ1) is 11.8. The molecule has 2 aromatic rings. The summed E-state index contributed by atoms with van der Waals surface area (Å²) in [5.41, 5.74) is 9.92. The second-order valence-corrected chi connectivity index (χ2v) is 4.49. The van der Waals surface area contributed by atoms with Crippen molar-refractivity contribution < 1.29 is 0 Å². The molecule has 0 aliphatic carbocycles. The number of rotatable bonds is 3. The minimum atomic E-state index is 0.757. The van der Waals surface area contributed by atoms with Crippen LogP contribution in [0.15, 0.2) is 42.5 Å². The molecule has 0 atom stereocenters. The number of nitrogens with one attached hydrogen (secondary N) is 1. The van der Waals surface area contributed by atoms with Crippen LogP contribution in [-0.2, 0) is 6.54 Å². The lowest BCUT2D eigenvalue weighted by Gasteiger charge is -2.10. The minimum Gasteiger partial charge on any atom is -0.399 e. The van der Waals surface area contributed by atoms with Crippen LogP contribution in [0.3, 0.4) is 0 Å². The minimum absolute atomic E-state index is 0.757. The number of hydrogen-bond acceptors (Lipinski definition) is 2. The van der Waals surface area contributed by atoms with E-state index in [9.17, 15) is 0 Å². The van der Waals surface area contributed by atoms with E-state index in [1.807, 2.05) is 43.3 Å². The van der Waals surface area contributed by atoms with E-state index in [-0.39, 0.29) is 0 Å². The standard InChI is InChI=1S/C14H15ClN2/c1-10-7-12(15)5-6-14(10)17-9-11-3-2-4-13(16)8-11/h2-8,17H,9,16H2,1H3. The van der Waals surface area contributed by atoms with Crippen LogP contribution in [0.1, 0.15) is 11.1 Å². The van der Waals surface area contributed by atoms with E-state index in [1.54, 1.807) is 0 Å². The number of anilines is 2. The first-order valence-corrected chi connectivity index (χ1v) is 5.87. The SMILES string of the molecule is Cc1cc(Cl)ccc1NCc1cccc(N)c1. The fourth-order valence-electron chi connectivity index (χ4n) is 1.73. The zero-order valence-corrected chi connectivity index (χ0v) is 10.5. The molecule has 2 aromatic carbocycles. The van der Waals surface area contributed by atoms with Gasteiger partial charge in [-0.25, -0.2) is 0 Å². The largest absolute Gasteiger partial charge is 0.399 e. The van der Waals surface area contributed by atoms with Crippen molar-refractivity contribution in [1.29, 1.82) is 0 Å². The number of nitrogen functional groups attached to an aromatic ring is 1. The van der Waals surface area contributed by atoms with E-state index < -0.39 is 0 Å². The molecule has 0 aromatic heterocycles. The fourth-order valence-corrected chi connectivity index (χ4v) is 1.95. The van der Waals surface area contributed by atoms with Crippen LogP contribution in [0.4, 0.5) is 11.4 Å². The van der Waals surface area contributed by atoms with Gasteiger partial charge in [0.1, 0.15) is 0 Å². The average Bonchev–Trinajstić information content (AvgIpc) is 2.28. The normalized spacial score (nSPS) is 10.2. The summed E-state index contributed by atoms with van der Waals surface area (Å²) in [7, 11) is 0. The third-order valence-electron chi connectivity index (χ3n) is 2.62. The number of aryl methyl sites for hydroxylation is 1. The quantitative estimate of drug-likeness (QED) is 0.808. The summed E-state index contributed by atoms with van der Waals surface area (Å²) >= 11 is 5.91. The molecule has 0 saturated carbocycles. The molecule has 0 bridgehead atoms. The van der Waals surface area contributed by atoms with E-state index in [0.717, 1.165) is 28.5 Å². The molecular weight excluding hydrogens is 232 g/mol. The smallest absolute Gasteiger partial charge is 0.0410 e. The van der Waals surface area contributed by atoms with Crippen LogP contribution in [0.25, 0.3) is 0 Å². The topological polar surface area (TPSA) is 38.0 Å². The van der Waals surface area contributed by atoms with Gasteiger partial charge in [0.15, 0.2) is 0 Å². The second kappa shape index (κ2) is 5.11. The zero-order chi connectivity index (χ0) is 12.3. The van der Waals surface area contributed by atoms with Crippen LogP contribution in [0, 0.1) is 6.92 Å². The van der Waals surface area contributed by atoms with Crippen LogP contribution in [-0.4, -0.2) is 0 Å². The lowest BCUT2D eigenvalue weighted by molar-refractivity contribution is 1.14. The Morgan fingerprint density at radius 1 is 1.18 bits per heavy atom. The first-order valence-electron chi connectivity index (χ1n) is 5.49. The Morgan fingerprint density at radius 3 is 2.71 bits per heavy atom. The van der Waals surface area contributed by atoms with Crippen molar-refractivity contribution in [3.05, 3.63) is 58.6 Å². The van der Waals surface area contributed by atoms with Crippen molar-refractivity contribution in [3.63, 3.8) is 0 Å². The summed E-state index contributed by atoms with van der Waals surface area (Å²) in [4.78, 5) is 0. The van der Waals surface area contributed by atoms with Gasteiger partial charge in [-0.1, -0.05) is 23.7 Å². The number of benzene rings is 2. The van der Waals surface area contributed by atoms with E-state index in [1.165, 1.54) is 5.56 Å². The maximum absolute atomic E-state index is 5.91. The van der Waals surface area contributed by atoms with Crippen LogP contribution >= 0.6 is 11.6 Å². The van der Waals surface area contributed by atoms with Gasteiger partial charge in [0.2, 0.25) is 0 Å². The summed E-state index contributed by atoms with van der Waals surface area (Å²) in [5.74, 6) is 0. The van der Waals surface area contributed by atoms with Gasteiger partial charge in [-0.2, -0.15) is 0 Å². The molecule has 0 saturated heterocycles. The zero-order valence-electron chi connectivity index (χ0n) is 9.70. The van der Waals surface area contributed by atoms with Gasteiger partial charge in [-0.05, 0) is 48.4 Å². The van der Waals surface area contributed by atoms with Gasteiger partial charge < -0.3 is 11.1 Å². The van der Waals surface area contributed by atoms with Crippen molar-refractivity contribution in [1.82, 2.24) is 0 Å². The Labute approximate surface area is 106 Å². The summed E-state index contributed by atoms with van der Waals surface area (Å²) in [6.07, 6.45) is 0. The predicted molar refractivity (Wildman–Crippen MR) is 74.4 cm³/mol. The Kier molecular flexibility index (Phi) is 3.55. The van der Waals surface area contributed by atoms with Crippen LogP contribution < -0.4 is 11.1 Å². The highest BCUT2D eigenvalue weighted by Gasteiger charge is 1.99. The van der Waals surface area contributed by atoms with Gasteiger partial charge >= 0.3 is 0 Å². The molecule has 2 nitrogen and oxygen atoms in total. The molecule has 3 heteroatoms. The van der Waals surface area contributed by atoms with Crippen molar-refractivity contribution in [2.75, 3.05) is 11.1 Å². The monoisotopic (exact) mass is 246 g/mol. The van der Waals surface area contributed by atoms with E-state index >= 15 is 0 Å². The molecule has 0 aliphatic rings. The molecular formula is C14H15ClN2. The molecule has 0 heterocycles. The Bertz CT molecular complexity index is 523. The summed E-state index contributed by atoms with van der Waals surface area (Å²) < 4.78 is 0. The average molecular weight is 247 g/mol. The van der Waals surface area contributed by atoms with Gasteiger partial charge in [-0.3, -0.25) is 0 Å². The third kappa shape index (κ3) is 3.14. The van der Waals surface area contributed by atoms with E-state index in [4.69, 9.17) is 17.3 Å². The fraction of sp³-hybridized carbons (Fsp3) is 0.143. The Balaban J connectivity index is 2.07. The number of halogens is 1. The highest BCUT2D eigenvalue weighted by molar-refractivity contribution is 6.30. The van der Waals surface area contributed by atoms with Crippen molar-refractivity contribution in [2.24, 2.45) is 0 Å². The Hall–Kier alpha value is -1.67. The van der Waals surface area contributed by atoms with Gasteiger partial charge in [-0.15, -0.1) is 0 Å². The molecule has 88 valence electrons. The summed E-state index contributed by atoms with van der Waals surface area (Å²) in [5, 5.41) is 4.13. The van der Waals surface area contributed by atoms with Crippen molar-refractivity contribution in [3.8, 4) is 0 Å². The molecule has 0 aliphatic heterocycles. The molecule has 17 heavy (non-hydrogen) atoms. The summed E-state index contributed by atoms with van der Waals surface area (Å²) in [6, 6.07) is 13.7. The van der Waals surface area contributed by atoms with Crippen LogP contribution in [0.2, 0.25) is 5.02 Å². The van der Waals surface area contributed by atoms with Gasteiger partial charge in [0, 0.05) is 22.9 Å². The highest BCUT2D eigenvalue weighted by Crippen LogP contribution is 2.20. The molecule has 0 fully saturated rings. The molecule has 0 spiro atoms. The van der Waals surface area contributed by atoms with Crippen molar-refractivity contribution >= 4 is 23.0 Å². The maximum atomic E-state index is 5.91. The molecule has 0 unspecified atom stereocenters. The summed E-state index contributed by atoms with van der Waals surface area (Å²) in [6.45, 7) is 2.79. The Morgan fingerprint density at radius 2 is 2.00 bits per heavy atom. The molecule has 2 rings (SSSR count). The van der Waals surface area contributed by atoms with Crippen LogP contribution in [0.5, 0.6) is 0 Å². The predicted octanol–water partition coefficient (Wildman–Crippen LogP) is 3.84. The van der Waals surface area contributed by atoms with E-state index in [2.05, 4.69) is 11.4 Å². The third-order valence-corrected chi connectivity index (χ3v) is 2.86.